The highest BCUT2D eigenvalue weighted by Crippen LogP contribution is 2.21. The van der Waals surface area contributed by atoms with Gasteiger partial charge in [0.25, 0.3) is 0 Å². The number of imidazole rings is 1. The van der Waals surface area contributed by atoms with Crippen LogP contribution in [0.1, 0.15) is 24.2 Å². The van der Waals surface area contributed by atoms with Gasteiger partial charge in [0.15, 0.2) is 0 Å². The topological polar surface area (TPSA) is 21.1 Å². The Morgan fingerprint density at radius 1 is 1.19 bits per heavy atom. The van der Waals surface area contributed by atoms with Gasteiger partial charge in [-0.1, -0.05) is 12.1 Å². The van der Waals surface area contributed by atoms with E-state index in [4.69, 9.17) is 0 Å². The van der Waals surface area contributed by atoms with Crippen LogP contribution < -0.4 is 0 Å². The van der Waals surface area contributed by atoms with Crippen LogP contribution >= 0.6 is 0 Å². The first kappa shape index (κ1) is 14.3. The van der Waals surface area contributed by atoms with Gasteiger partial charge in [0.2, 0.25) is 0 Å². The number of hydrogen-bond acceptors (Lipinski definition) is 2. The largest absolute Gasteiger partial charge is 0.335 e. The average molecular weight is 287 g/mol. The molecule has 112 valence electrons. The Morgan fingerprint density at radius 3 is 2.52 bits per heavy atom. The Labute approximate surface area is 125 Å². The first-order chi connectivity index (χ1) is 10.2. The Bertz CT molecular complexity index is 568. The molecule has 0 radical (unpaired) electrons. The van der Waals surface area contributed by atoms with Crippen LogP contribution in [0, 0.1) is 18.7 Å². The molecule has 3 rings (SSSR count). The second kappa shape index (κ2) is 6.39. The lowest BCUT2D eigenvalue weighted by molar-refractivity contribution is 0.166. The van der Waals surface area contributed by atoms with Crippen molar-refractivity contribution in [3.8, 4) is 0 Å². The summed E-state index contributed by atoms with van der Waals surface area (Å²) < 4.78 is 15.2. The Morgan fingerprint density at radius 2 is 1.90 bits per heavy atom. The van der Waals surface area contributed by atoms with Crippen molar-refractivity contribution in [1.82, 2.24) is 14.5 Å². The number of rotatable bonds is 4. The van der Waals surface area contributed by atoms with Gasteiger partial charge in [-0.3, -0.25) is 4.90 Å². The fourth-order valence-electron chi connectivity index (χ4n) is 3.05. The van der Waals surface area contributed by atoms with E-state index < -0.39 is 0 Å². The summed E-state index contributed by atoms with van der Waals surface area (Å²) >= 11 is 0. The van der Waals surface area contributed by atoms with Gasteiger partial charge in [-0.05, 0) is 56.5 Å². The van der Waals surface area contributed by atoms with Gasteiger partial charge in [0.1, 0.15) is 11.6 Å². The number of aromatic nitrogens is 2. The predicted octanol–water partition coefficient (Wildman–Crippen LogP) is 3.24. The number of likely N-dealkylation sites (tertiary alicyclic amines) is 1. The second-order valence-electron chi connectivity index (χ2n) is 5.97. The van der Waals surface area contributed by atoms with E-state index in [0.29, 0.717) is 0 Å². The summed E-state index contributed by atoms with van der Waals surface area (Å²) in [4.78, 5) is 6.74. The van der Waals surface area contributed by atoms with E-state index in [9.17, 15) is 4.39 Å². The van der Waals surface area contributed by atoms with Crippen LogP contribution in [0.5, 0.6) is 0 Å². The van der Waals surface area contributed by atoms with Crippen molar-refractivity contribution in [2.45, 2.75) is 32.9 Å². The molecular formula is C17H22FN3. The second-order valence-corrected chi connectivity index (χ2v) is 5.97. The van der Waals surface area contributed by atoms with Crippen molar-refractivity contribution in [3.05, 3.63) is 53.9 Å². The molecule has 0 saturated carbocycles. The Hall–Kier alpha value is -1.68. The molecule has 2 aromatic rings. The van der Waals surface area contributed by atoms with Crippen molar-refractivity contribution in [2.75, 3.05) is 13.1 Å². The van der Waals surface area contributed by atoms with Crippen molar-refractivity contribution >= 4 is 0 Å². The summed E-state index contributed by atoms with van der Waals surface area (Å²) in [6.45, 7) is 6.31. The maximum Gasteiger partial charge on any atom is 0.123 e. The van der Waals surface area contributed by atoms with Gasteiger partial charge in [-0.25, -0.2) is 9.37 Å². The summed E-state index contributed by atoms with van der Waals surface area (Å²) in [6.07, 6.45) is 6.39. The molecule has 0 N–H and O–H groups in total. The Balaban J connectivity index is 1.49. The van der Waals surface area contributed by atoms with E-state index in [1.807, 2.05) is 18.3 Å². The summed E-state index contributed by atoms with van der Waals surface area (Å²) in [7, 11) is 0. The van der Waals surface area contributed by atoms with Gasteiger partial charge >= 0.3 is 0 Å². The molecule has 0 unspecified atom stereocenters. The molecule has 1 aromatic heterocycles. The molecule has 0 spiro atoms. The molecule has 3 nitrogen and oxygen atoms in total. The van der Waals surface area contributed by atoms with Crippen molar-refractivity contribution in [3.63, 3.8) is 0 Å². The third-order valence-corrected chi connectivity index (χ3v) is 4.41. The van der Waals surface area contributed by atoms with E-state index in [1.54, 1.807) is 12.1 Å². The number of halogens is 1. The molecule has 0 bridgehead atoms. The van der Waals surface area contributed by atoms with E-state index in [-0.39, 0.29) is 5.82 Å². The molecule has 1 aromatic carbocycles. The number of piperidine rings is 1. The minimum Gasteiger partial charge on any atom is -0.335 e. The van der Waals surface area contributed by atoms with Gasteiger partial charge in [-0.2, -0.15) is 0 Å². The predicted molar refractivity (Wildman–Crippen MR) is 81.4 cm³/mol. The zero-order valence-electron chi connectivity index (χ0n) is 12.5. The van der Waals surface area contributed by atoms with Crippen LogP contribution in [-0.2, 0) is 13.1 Å². The normalized spacial score (nSPS) is 17.2. The maximum absolute atomic E-state index is 12.9. The minimum absolute atomic E-state index is 0.159. The molecular weight excluding hydrogens is 265 g/mol. The highest BCUT2D eigenvalue weighted by Gasteiger charge is 2.19. The highest BCUT2D eigenvalue weighted by molar-refractivity contribution is 5.15. The van der Waals surface area contributed by atoms with E-state index >= 15 is 0 Å². The average Bonchev–Trinajstić information content (AvgIpc) is 2.89. The van der Waals surface area contributed by atoms with Gasteiger partial charge in [0.05, 0.1) is 0 Å². The van der Waals surface area contributed by atoms with Crippen LogP contribution in [0.2, 0.25) is 0 Å². The fraction of sp³-hybridized carbons (Fsp3) is 0.471. The number of benzene rings is 1. The van der Waals surface area contributed by atoms with Gasteiger partial charge in [0, 0.05) is 25.5 Å². The van der Waals surface area contributed by atoms with E-state index in [1.165, 1.54) is 18.4 Å². The quantitative estimate of drug-likeness (QED) is 0.861. The van der Waals surface area contributed by atoms with E-state index in [2.05, 4.69) is 27.6 Å². The first-order valence-corrected chi connectivity index (χ1v) is 7.65. The summed E-state index contributed by atoms with van der Waals surface area (Å²) in [6, 6.07) is 6.86. The van der Waals surface area contributed by atoms with Crippen LogP contribution in [0.25, 0.3) is 0 Å². The molecule has 1 aliphatic rings. The van der Waals surface area contributed by atoms with Crippen molar-refractivity contribution < 1.29 is 4.39 Å². The zero-order valence-corrected chi connectivity index (χ0v) is 12.5. The molecule has 1 saturated heterocycles. The van der Waals surface area contributed by atoms with Crippen LogP contribution in [-0.4, -0.2) is 27.5 Å². The van der Waals surface area contributed by atoms with Crippen molar-refractivity contribution in [2.24, 2.45) is 5.92 Å². The summed E-state index contributed by atoms with van der Waals surface area (Å²) in [5, 5.41) is 0. The molecule has 0 aliphatic carbocycles. The third kappa shape index (κ3) is 3.70. The molecule has 1 aliphatic heterocycles. The van der Waals surface area contributed by atoms with Gasteiger partial charge in [-0.15, -0.1) is 0 Å². The number of nitrogens with zero attached hydrogens (tertiary/aromatic N) is 3. The molecule has 2 heterocycles. The number of hydrogen-bond donors (Lipinski definition) is 0. The standard InChI is InChI=1S/C17H22FN3/c1-14-19-8-11-21(14)13-16-6-9-20(10-7-16)12-15-2-4-17(18)5-3-15/h2-5,8,11,16H,6-7,9-10,12-13H2,1H3. The smallest absolute Gasteiger partial charge is 0.123 e. The summed E-state index contributed by atoms with van der Waals surface area (Å²) in [5.41, 5.74) is 1.19. The molecule has 21 heavy (non-hydrogen) atoms. The third-order valence-electron chi connectivity index (χ3n) is 4.41. The summed E-state index contributed by atoms with van der Waals surface area (Å²) in [5.74, 6) is 1.68. The van der Waals surface area contributed by atoms with Crippen molar-refractivity contribution in [1.29, 1.82) is 0 Å². The monoisotopic (exact) mass is 287 g/mol. The lowest BCUT2D eigenvalue weighted by Gasteiger charge is -2.32. The molecule has 1 fully saturated rings. The minimum atomic E-state index is -0.159. The van der Waals surface area contributed by atoms with Crippen LogP contribution in [0.15, 0.2) is 36.7 Å². The lowest BCUT2D eigenvalue weighted by atomic mass is 9.96. The van der Waals surface area contributed by atoms with E-state index in [0.717, 1.165) is 37.9 Å². The van der Waals surface area contributed by atoms with Gasteiger partial charge < -0.3 is 4.57 Å². The fourth-order valence-corrected chi connectivity index (χ4v) is 3.05. The Kier molecular flexibility index (Phi) is 4.34. The van der Waals surface area contributed by atoms with Crippen LogP contribution in [0.4, 0.5) is 4.39 Å². The molecule has 0 atom stereocenters. The SMILES string of the molecule is Cc1nccn1CC1CCN(Cc2ccc(F)cc2)CC1. The highest BCUT2D eigenvalue weighted by atomic mass is 19.1. The number of aryl methyl sites for hydroxylation is 1. The molecule has 4 heteroatoms. The lowest BCUT2D eigenvalue weighted by Crippen LogP contribution is -2.34. The maximum atomic E-state index is 12.9. The zero-order chi connectivity index (χ0) is 14.7. The first-order valence-electron chi connectivity index (χ1n) is 7.65. The van der Waals surface area contributed by atoms with Crippen LogP contribution in [0.3, 0.4) is 0 Å². The molecule has 0 amide bonds.